The van der Waals surface area contributed by atoms with E-state index in [4.69, 9.17) is 14.2 Å². The Bertz CT molecular complexity index is 149. The molecule has 0 aromatic carbocycles. The molecule has 13 heavy (non-hydrogen) atoms. The van der Waals surface area contributed by atoms with Crippen molar-refractivity contribution in [2.75, 3.05) is 19.8 Å². The van der Waals surface area contributed by atoms with Crippen LogP contribution in [0, 0.1) is 0 Å². The summed E-state index contributed by atoms with van der Waals surface area (Å²) in [5.74, 6) is -0.375. The molecular formula is C10H20O3. The maximum Gasteiger partial charge on any atom is 0.165 e. The van der Waals surface area contributed by atoms with Crippen LogP contribution in [0.2, 0.25) is 0 Å². The molecule has 0 aromatic rings. The van der Waals surface area contributed by atoms with E-state index in [2.05, 4.69) is 13.8 Å². The molecule has 1 heterocycles. The highest BCUT2D eigenvalue weighted by Gasteiger charge is 2.35. The van der Waals surface area contributed by atoms with Crippen LogP contribution < -0.4 is 0 Å². The maximum absolute atomic E-state index is 5.70. The minimum atomic E-state index is -0.375. The number of hydrogen-bond donors (Lipinski definition) is 0. The zero-order valence-electron chi connectivity index (χ0n) is 8.84. The largest absolute Gasteiger partial charge is 0.379 e. The normalized spacial score (nSPS) is 33.9. The van der Waals surface area contributed by atoms with Crippen LogP contribution in [0.1, 0.15) is 33.6 Å². The van der Waals surface area contributed by atoms with Crippen LogP contribution >= 0.6 is 0 Å². The van der Waals surface area contributed by atoms with E-state index in [1.54, 1.807) is 0 Å². The zero-order chi connectivity index (χ0) is 9.73. The minimum absolute atomic E-state index is 0.122. The average molecular weight is 188 g/mol. The lowest BCUT2D eigenvalue weighted by Crippen LogP contribution is -2.26. The van der Waals surface area contributed by atoms with Crippen LogP contribution in [0.3, 0.4) is 0 Å². The Morgan fingerprint density at radius 3 is 2.77 bits per heavy atom. The van der Waals surface area contributed by atoms with Gasteiger partial charge < -0.3 is 14.2 Å². The Balaban J connectivity index is 2.17. The Kier molecular flexibility index (Phi) is 4.16. The van der Waals surface area contributed by atoms with E-state index in [0.29, 0.717) is 13.2 Å². The maximum atomic E-state index is 5.70. The summed E-state index contributed by atoms with van der Waals surface area (Å²) in [5.41, 5.74) is 0. The van der Waals surface area contributed by atoms with Crippen molar-refractivity contribution in [3.63, 3.8) is 0 Å². The third kappa shape index (κ3) is 3.25. The highest BCUT2D eigenvalue weighted by Crippen LogP contribution is 2.26. The first-order valence-electron chi connectivity index (χ1n) is 5.09. The number of hydrogen-bond acceptors (Lipinski definition) is 3. The summed E-state index contributed by atoms with van der Waals surface area (Å²) < 4.78 is 16.6. The predicted molar refractivity (Wildman–Crippen MR) is 50.6 cm³/mol. The van der Waals surface area contributed by atoms with Crippen molar-refractivity contribution >= 4 is 0 Å². The lowest BCUT2D eigenvalue weighted by atomic mass is 10.2. The van der Waals surface area contributed by atoms with Gasteiger partial charge in [0.05, 0.1) is 13.2 Å². The van der Waals surface area contributed by atoms with Crippen molar-refractivity contribution in [2.45, 2.75) is 45.5 Å². The molecule has 0 radical (unpaired) electrons. The van der Waals surface area contributed by atoms with Crippen molar-refractivity contribution < 1.29 is 14.2 Å². The van der Waals surface area contributed by atoms with Crippen molar-refractivity contribution in [1.29, 1.82) is 0 Å². The fraction of sp³-hybridized carbons (Fsp3) is 1.00. The molecule has 2 atom stereocenters. The Hall–Kier alpha value is -0.120. The Morgan fingerprint density at radius 1 is 1.46 bits per heavy atom. The van der Waals surface area contributed by atoms with Gasteiger partial charge in [-0.05, 0) is 19.8 Å². The molecule has 78 valence electrons. The fourth-order valence-corrected chi connectivity index (χ4v) is 1.32. The molecule has 1 saturated heterocycles. The van der Waals surface area contributed by atoms with Crippen molar-refractivity contribution in [3.8, 4) is 0 Å². The lowest BCUT2D eigenvalue weighted by Gasteiger charge is -2.20. The first-order valence-corrected chi connectivity index (χ1v) is 5.09. The van der Waals surface area contributed by atoms with Crippen LogP contribution in [0.5, 0.6) is 0 Å². The molecule has 0 spiro atoms. The second kappa shape index (κ2) is 4.94. The molecule has 3 nitrogen and oxygen atoms in total. The third-order valence-electron chi connectivity index (χ3n) is 2.28. The van der Waals surface area contributed by atoms with Gasteiger partial charge in [-0.3, -0.25) is 0 Å². The summed E-state index contributed by atoms with van der Waals surface area (Å²) >= 11 is 0. The molecule has 0 bridgehead atoms. The summed E-state index contributed by atoms with van der Waals surface area (Å²) in [6.07, 6.45) is 2.06. The van der Waals surface area contributed by atoms with E-state index in [9.17, 15) is 0 Å². The van der Waals surface area contributed by atoms with Crippen LogP contribution in [0.15, 0.2) is 0 Å². The third-order valence-corrected chi connectivity index (χ3v) is 2.28. The van der Waals surface area contributed by atoms with Crippen molar-refractivity contribution in [2.24, 2.45) is 0 Å². The molecule has 0 saturated carbocycles. The second-order valence-corrected chi connectivity index (χ2v) is 3.61. The summed E-state index contributed by atoms with van der Waals surface area (Å²) in [6, 6.07) is 0. The van der Waals surface area contributed by atoms with Crippen LogP contribution in [0.25, 0.3) is 0 Å². The molecule has 0 aliphatic carbocycles. The van der Waals surface area contributed by atoms with Gasteiger partial charge in [-0.25, -0.2) is 0 Å². The molecule has 1 fully saturated rings. The molecule has 0 amide bonds. The van der Waals surface area contributed by atoms with Gasteiger partial charge >= 0.3 is 0 Å². The van der Waals surface area contributed by atoms with Gasteiger partial charge in [0.1, 0.15) is 6.10 Å². The van der Waals surface area contributed by atoms with Crippen LogP contribution in [0.4, 0.5) is 0 Å². The molecule has 0 N–H and O–H groups in total. The first kappa shape index (κ1) is 11.0. The van der Waals surface area contributed by atoms with E-state index in [1.807, 2.05) is 6.92 Å². The summed E-state index contributed by atoms with van der Waals surface area (Å²) in [5, 5.41) is 0. The molecule has 2 unspecified atom stereocenters. The fourth-order valence-electron chi connectivity index (χ4n) is 1.32. The predicted octanol–water partition coefficient (Wildman–Crippen LogP) is 1.95. The second-order valence-electron chi connectivity index (χ2n) is 3.61. The quantitative estimate of drug-likeness (QED) is 0.617. The number of rotatable bonds is 5. The van der Waals surface area contributed by atoms with E-state index < -0.39 is 0 Å². The van der Waals surface area contributed by atoms with Gasteiger partial charge in [0.15, 0.2) is 5.79 Å². The van der Waals surface area contributed by atoms with E-state index in [-0.39, 0.29) is 11.9 Å². The van der Waals surface area contributed by atoms with E-state index in [1.165, 1.54) is 0 Å². The molecule has 3 heteroatoms. The van der Waals surface area contributed by atoms with Crippen molar-refractivity contribution in [1.82, 2.24) is 0 Å². The number of ether oxygens (including phenoxy) is 3. The van der Waals surface area contributed by atoms with Gasteiger partial charge in [0, 0.05) is 6.61 Å². The monoisotopic (exact) mass is 188 g/mol. The van der Waals surface area contributed by atoms with E-state index >= 15 is 0 Å². The van der Waals surface area contributed by atoms with Gasteiger partial charge in [0.2, 0.25) is 0 Å². The SMILES string of the molecule is CCCOCC1COC(C)(CC)O1. The molecular weight excluding hydrogens is 168 g/mol. The van der Waals surface area contributed by atoms with Crippen LogP contribution in [-0.4, -0.2) is 31.7 Å². The summed E-state index contributed by atoms with van der Waals surface area (Å²) in [6.45, 7) is 8.27. The highest BCUT2D eigenvalue weighted by atomic mass is 16.7. The van der Waals surface area contributed by atoms with Gasteiger partial charge in [0.25, 0.3) is 0 Å². The smallest absolute Gasteiger partial charge is 0.165 e. The summed E-state index contributed by atoms with van der Waals surface area (Å²) in [4.78, 5) is 0. The average Bonchev–Trinajstić information content (AvgIpc) is 2.50. The van der Waals surface area contributed by atoms with Gasteiger partial charge in [-0.1, -0.05) is 13.8 Å². The molecule has 1 aliphatic rings. The van der Waals surface area contributed by atoms with Gasteiger partial charge in [-0.2, -0.15) is 0 Å². The minimum Gasteiger partial charge on any atom is -0.379 e. The lowest BCUT2D eigenvalue weighted by molar-refractivity contribution is -0.160. The highest BCUT2D eigenvalue weighted by molar-refractivity contribution is 4.73. The van der Waals surface area contributed by atoms with E-state index in [0.717, 1.165) is 19.4 Å². The summed E-state index contributed by atoms with van der Waals surface area (Å²) in [7, 11) is 0. The zero-order valence-corrected chi connectivity index (χ0v) is 8.84. The molecule has 1 aliphatic heterocycles. The Labute approximate surface area is 80.4 Å². The standard InChI is InChI=1S/C10H20O3/c1-4-6-11-7-9-8-12-10(3,5-2)13-9/h9H,4-8H2,1-3H3. The topological polar surface area (TPSA) is 27.7 Å². The van der Waals surface area contributed by atoms with Crippen molar-refractivity contribution in [3.05, 3.63) is 0 Å². The molecule has 0 aromatic heterocycles. The molecule has 1 rings (SSSR count). The first-order chi connectivity index (χ1) is 6.20. The van der Waals surface area contributed by atoms with Gasteiger partial charge in [-0.15, -0.1) is 0 Å². The van der Waals surface area contributed by atoms with Crippen LogP contribution in [-0.2, 0) is 14.2 Å². The Morgan fingerprint density at radius 2 is 2.23 bits per heavy atom.